The van der Waals surface area contributed by atoms with Gasteiger partial charge in [-0.2, -0.15) is 4.37 Å². The predicted molar refractivity (Wildman–Crippen MR) is 97.1 cm³/mol. The van der Waals surface area contributed by atoms with Crippen molar-refractivity contribution in [1.29, 1.82) is 0 Å². The Morgan fingerprint density at radius 3 is 2.92 bits per heavy atom. The molecule has 1 fully saturated rings. The number of nitrogens with zero attached hydrogens (tertiary/aromatic N) is 6. The lowest BCUT2D eigenvalue weighted by molar-refractivity contribution is 0.212. The highest BCUT2D eigenvalue weighted by Gasteiger charge is 2.22. The van der Waals surface area contributed by atoms with Gasteiger partial charge < -0.3 is 10.6 Å². The summed E-state index contributed by atoms with van der Waals surface area (Å²) in [7, 11) is 2.15. The van der Waals surface area contributed by atoms with Crippen molar-refractivity contribution in [1.82, 2.24) is 24.2 Å². The molecule has 7 nitrogen and oxygen atoms in total. The maximum absolute atomic E-state index is 5.75. The fourth-order valence-corrected chi connectivity index (χ4v) is 3.87. The van der Waals surface area contributed by atoms with Crippen LogP contribution in [0.5, 0.6) is 0 Å². The number of hydrogen-bond donors (Lipinski definition) is 1. The van der Waals surface area contributed by atoms with Gasteiger partial charge in [-0.3, -0.25) is 4.90 Å². The molecule has 0 amide bonds. The molecule has 130 valence electrons. The lowest BCUT2D eigenvalue weighted by Gasteiger charge is -2.26. The van der Waals surface area contributed by atoms with Gasteiger partial charge in [-0.05, 0) is 32.4 Å². The first-order valence-electron chi connectivity index (χ1n) is 8.51. The van der Waals surface area contributed by atoms with Crippen LogP contribution in [0.1, 0.15) is 37.8 Å². The molecule has 0 spiro atoms. The molecule has 1 aliphatic rings. The minimum Gasteiger partial charge on any atom is -0.384 e. The molecule has 0 unspecified atom stereocenters. The Hall–Kier alpha value is -1.80. The molecule has 2 N–H and O–H groups in total. The van der Waals surface area contributed by atoms with Crippen LogP contribution < -0.4 is 10.6 Å². The molecular formula is C16H25N7S. The van der Waals surface area contributed by atoms with E-state index in [9.17, 15) is 0 Å². The topological polar surface area (TPSA) is 84.1 Å². The molecule has 24 heavy (non-hydrogen) atoms. The molecule has 3 rings (SSSR count). The zero-order valence-corrected chi connectivity index (χ0v) is 15.2. The fraction of sp³-hybridized carbons (Fsp3) is 0.625. The van der Waals surface area contributed by atoms with Gasteiger partial charge in [0.25, 0.3) is 0 Å². The summed E-state index contributed by atoms with van der Waals surface area (Å²) in [6.45, 7) is 4.90. The van der Waals surface area contributed by atoms with E-state index in [1.165, 1.54) is 18.0 Å². The van der Waals surface area contributed by atoms with Crippen LogP contribution in [-0.2, 0) is 13.0 Å². The fourth-order valence-electron chi connectivity index (χ4n) is 3.07. The number of nitrogens with two attached hydrogens (primary N) is 1. The molecule has 0 bridgehead atoms. The number of hydrogen-bond acceptors (Lipinski definition) is 8. The first kappa shape index (κ1) is 17.0. The molecule has 0 aliphatic carbocycles. The van der Waals surface area contributed by atoms with E-state index < -0.39 is 0 Å². The first-order chi connectivity index (χ1) is 11.7. The Morgan fingerprint density at radius 1 is 1.29 bits per heavy atom. The van der Waals surface area contributed by atoms with Gasteiger partial charge in [0.2, 0.25) is 5.13 Å². The van der Waals surface area contributed by atoms with Crippen molar-refractivity contribution in [3.05, 3.63) is 23.9 Å². The van der Waals surface area contributed by atoms with Crippen LogP contribution in [-0.4, -0.2) is 50.4 Å². The van der Waals surface area contributed by atoms with Crippen LogP contribution in [0.3, 0.4) is 0 Å². The predicted octanol–water partition coefficient (Wildman–Crippen LogP) is 1.96. The number of aromatic nitrogens is 4. The van der Waals surface area contributed by atoms with E-state index in [0.29, 0.717) is 11.9 Å². The van der Waals surface area contributed by atoms with Gasteiger partial charge in [0, 0.05) is 43.3 Å². The maximum Gasteiger partial charge on any atom is 0.205 e. The van der Waals surface area contributed by atoms with Crippen molar-refractivity contribution >= 4 is 22.5 Å². The molecule has 1 atom stereocenters. The van der Waals surface area contributed by atoms with Crippen molar-refractivity contribution in [2.75, 3.05) is 30.8 Å². The number of anilines is 2. The van der Waals surface area contributed by atoms with E-state index in [0.717, 1.165) is 55.7 Å². The SMILES string of the molecule is CCc1nsc(N2CCC[C@H](N(C)Cc3nccc(N)n3)CC2)n1. The van der Waals surface area contributed by atoms with Crippen LogP contribution in [0.15, 0.2) is 12.3 Å². The Balaban J connectivity index is 1.58. The average molecular weight is 347 g/mol. The molecule has 0 aromatic carbocycles. The second-order valence-electron chi connectivity index (χ2n) is 6.23. The van der Waals surface area contributed by atoms with E-state index in [1.807, 2.05) is 0 Å². The van der Waals surface area contributed by atoms with Gasteiger partial charge in [0.1, 0.15) is 17.5 Å². The Labute approximate surface area is 147 Å². The van der Waals surface area contributed by atoms with Crippen LogP contribution in [0, 0.1) is 0 Å². The summed E-state index contributed by atoms with van der Waals surface area (Å²) in [4.78, 5) is 18.0. The monoisotopic (exact) mass is 347 g/mol. The second-order valence-corrected chi connectivity index (χ2v) is 6.96. The van der Waals surface area contributed by atoms with Crippen LogP contribution >= 0.6 is 11.5 Å². The zero-order valence-electron chi connectivity index (χ0n) is 14.4. The van der Waals surface area contributed by atoms with Crippen molar-refractivity contribution in [2.24, 2.45) is 0 Å². The summed E-state index contributed by atoms with van der Waals surface area (Å²) < 4.78 is 4.41. The second kappa shape index (κ2) is 7.85. The van der Waals surface area contributed by atoms with Crippen molar-refractivity contribution < 1.29 is 0 Å². The minimum atomic E-state index is 0.526. The first-order valence-corrected chi connectivity index (χ1v) is 9.28. The summed E-state index contributed by atoms with van der Waals surface area (Å²) in [6.07, 6.45) is 6.07. The van der Waals surface area contributed by atoms with Crippen molar-refractivity contribution in [3.63, 3.8) is 0 Å². The van der Waals surface area contributed by atoms with E-state index in [4.69, 9.17) is 5.73 Å². The van der Waals surface area contributed by atoms with Crippen molar-refractivity contribution in [2.45, 2.75) is 45.2 Å². The standard InChI is InChI=1S/C16H25N7S/c1-3-14-20-16(24-21-14)23-9-4-5-12(7-10-23)22(2)11-15-18-8-6-13(17)19-15/h6,8,12H,3-5,7,9-11H2,1-2H3,(H2,17,18,19)/t12-/m0/s1. The van der Waals surface area contributed by atoms with Gasteiger partial charge in [-0.1, -0.05) is 6.92 Å². The quantitative estimate of drug-likeness (QED) is 0.885. The van der Waals surface area contributed by atoms with E-state index >= 15 is 0 Å². The highest BCUT2D eigenvalue weighted by atomic mass is 32.1. The summed E-state index contributed by atoms with van der Waals surface area (Å²) in [5.74, 6) is 2.27. The molecule has 2 aromatic rings. The van der Waals surface area contributed by atoms with Gasteiger partial charge >= 0.3 is 0 Å². The highest BCUT2D eigenvalue weighted by Crippen LogP contribution is 2.23. The Morgan fingerprint density at radius 2 is 2.17 bits per heavy atom. The maximum atomic E-state index is 5.75. The van der Waals surface area contributed by atoms with Gasteiger partial charge in [0.05, 0.1) is 6.54 Å². The third kappa shape index (κ3) is 4.18. The number of aryl methyl sites for hydroxylation is 1. The van der Waals surface area contributed by atoms with Crippen molar-refractivity contribution in [3.8, 4) is 0 Å². The summed E-state index contributed by atoms with van der Waals surface area (Å²) >= 11 is 1.52. The summed E-state index contributed by atoms with van der Waals surface area (Å²) in [5, 5.41) is 1.06. The van der Waals surface area contributed by atoms with E-state index in [-0.39, 0.29) is 0 Å². The average Bonchev–Trinajstić information content (AvgIpc) is 2.91. The highest BCUT2D eigenvalue weighted by molar-refractivity contribution is 7.09. The van der Waals surface area contributed by atoms with Crippen LogP contribution in [0.2, 0.25) is 0 Å². The summed E-state index contributed by atoms with van der Waals surface area (Å²) in [6, 6.07) is 2.25. The zero-order chi connectivity index (χ0) is 16.9. The molecule has 1 saturated heterocycles. The van der Waals surface area contributed by atoms with Gasteiger partial charge in [0.15, 0.2) is 0 Å². The van der Waals surface area contributed by atoms with Crippen LogP contribution in [0.25, 0.3) is 0 Å². The Bertz CT molecular complexity index is 659. The number of rotatable bonds is 5. The number of nitrogen functional groups attached to an aromatic ring is 1. The molecule has 0 radical (unpaired) electrons. The largest absolute Gasteiger partial charge is 0.384 e. The van der Waals surface area contributed by atoms with E-state index in [2.05, 4.69) is 43.1 Å². The van der Waals surface area contributed by atoms with E-state index in [1.54, 1.807) is 12.3 Å². The molecular weight excluding hydrogens is 322 g/mol. The normalized spacial score (nSPS) is 18.8. The minimum absolute atomic E-state index is 0.526. The van der Waals surface area contributed by atoms with Gasteiger partial charge in [-0.25, -0.2) is 15.0 Å². The third-order valence-electron chi connectivity index (χ3n) is 4.48. The molecule has 1 aliphatic heterocycles. The molecule has 3 heterocycles. The smallest absolute Gasteiger partial charge is 0.205 e. The summed E-state index contributed by atoms with van der Waals surface area (Å²) in [5.41, 5.74) is 5.75. The van der Waals surface area contributed by atoms with Crippen LogP contribution in [0.4, 0.5) is 10.9 Å². The lowest BCUT2D eigenvalue weighted by atomic mass is 10.1. The molecule has 2 aromatic heterocycles. The third-order valence-corrected chi connectivity index (χ3v) is 5.30. The van der Waals surface area contributed by atoms with Gasteiger partial charge in [-0.15, -0.1) is 0 Å². The molecule has 8 heteroatoms. The molecule has 0 saturated carbocycles. The lowest BCUT2D eigenvalue weighted by Crippen LogP contribution is -2.33. The Kier molecular flexibility index (Phi) is 5.57.